The Balaban J connectivity index is 2.09. The fourth-order valence-corrected chi connectivity index (χ4v) is 4.08. The van der Waals surface area contributed by atoms with Crippen molar-refractivity contribution in [3.05, 3.63) is 35.9 Å². The molecule has 1 fully saturated rings. The molecular formula is C17H25NO3S. The molecule has 0 saturated carbocycles. The fraction of sp³-hybridized carbons (Fsp3) is 0.588. The van der Waals surface area contributed by atoms with Crippen molar-refractivity contribution in [3.63, 3.8) is 0 Å². The number of methoxy groups -OCH3 is 1. The Morgan fingerprint density at radius 1 is 1.41 bits per heavy atom. The lowest BCUT2D eigenvalue weighted by atomic mass is 10.0. The summed E-state index contributed by atoms with van der Waals surface area (Å²) in [5.41, 5.74) is 0.0415. The second-order valence-corrected chi connectivity index (χ2v) is 7.24. The van der Waals surface area contributed by atoms with E-state index in [0.717, 1.165) is 11.3 Å². The van der Waals surface area contributed by atoms with Gasteiger partial charge in [-0.25, -0.2) is 4.79 Å². The van der Waals surface area contributed by atoms with Crippen LogP contribution in [0, 0.1) is 5.92 Å². The number of thioether (sulfide) groups is 1. The van der Waals surface area contributed by atoms with Gasteiger partial charge in [-0.2, -0.15) is 0 Å². The lowest BCUT2D eigenvalue weighted by Crippen LogP contribution is -2.54. The van der Waals surface area contributed by atoms with Gasteiger partial charge in [0.1, 0.15) is 0 Å². The highest BCUT2D eigenvalue weighted by Crippen LogP contribution is 2.34. The van der Waals surface area contributed by atoms with Gasteiger partial charge >= 0.3 is 5.97 Å². The number of esters is 1. The topological polar surface area (TPSA) is 47.6 Å². The molecule has 1 aromatic carbocycles. The van der Waals surface area contributed by atoms with E-state index in [4.69, 9.17) is 9.47 Å². The molecule has 1 aromatic rings. The highest BCUT2D eigenvalue weighted by atomic mass is 32.2. The van der Waals surface area contributed by atoms with E-state index in [-0.39, 0.29) is 11.3 Å². The standard InChI is InChI=1S/C17H25NO3S/c1-12(2)14-11-22-15(18-14)17(3,16(19)20-4)21-10-13-8-6-5-7-9-13/h5-9,12,14-15,18H,10-11H2,1-4H3/t14-,15?,17-/m1/s1. The molecule has 0 aromatic heterocycles. The number of rotatable bonds is 6. The Labute approximate surface area is 137 Å². The van der Waals surface area contributed by atoms with E-state index in [1.165, 1.54) is 7.11 Å². The number of benzene rings is 1. The summed E-state index contributed by atoms with van der Waals surface area (Å²) in [5.74, 6) is 1.16. The molecule has 1 unspecified atom stereocenters. The first-order chi connectivity index (χ1) is 10.5. The maximum absolute atomic E-state index is 12.3. The summed E-state index contributed by atoms with van der Waals surface area (Å²) >= 11 is 1.73. The van der Waals surface area contributed by atoms with Gasteiger partial charge in [-0.1, -0.05) is 44.2 Å². The Morgan fingerprint density at radius 2 is 2.09 bits per heavy atom. The van der Waals surface area contributed by atoms with Crippen LogP contribution in [0.2, 0.25) is 0 Å². The van der Waals surface area contributed by atoms with Gasteiger partial charge in [-0.3, -0.25) is 5.32 Å². The first-order valence-electron chi connectivity index (χ1n) is 7.61. The molecule has 1 saturated heterocycles. The summed E-state index contributed by atoms with van der Waals surface area (Å²) in [6, 6.07) is 10.3. The summed E-state index contributed by atoms with van der Waals surface area (Å²) < 4.78 is 11.0. The first kappa shape index (κ1) is 17.3. The molecule has 0 spiro atoms. The molecule has 1 heterocycles. The van der Waals surface area contributed by atoms with E-state index in [1.807, 2.05) is 37.3 Å². The highest BCUT2D eigenvalue weighted by Gasteiger charge is 2.48. The zero-order chi connectivity index (χ0) is 16.2. The van der Waals surface area contributed by atoms with Crippen molar-refractivity contribution in [3.8, 4) is 0 Å². The van der Waals surface area contributed by atoms with Gasteiger partial charge < -0.3 is 9.47 Å². The number of nitrogens with one attached hydrogen (secondary N) is 1. The van der Waals surface area contributed by atoms with Crippen molar-refractivity contribution >= 4 is 17.7 Å². The lowest BCUT2D eigenvalue weighted by molar-refractivity contribution is -0.170. The molecule has 1 aliphatic rings. The second kappa shape index (κ2) is 7.49. The third kappa shape index (κ3) is 3.83. The molecule has 0 aliphatic carbocycles. The number of carbonyl (C=O) groups is 1. The van der Waals surface area contributed by atoms with Crippen LogP contribution in [0.3, 0.4) is 0 Å². The smallest absolute Gasteiger partial charge is 0.340 e. The maximum atomic E-state index is 12.3. The van der Waals surface area contributed by atoms with E-state index < -0.39 is 5.60 Å². The monoisotopic (exact) mass is 323 g/mol. The van der Waals surface area contributed by atoms with E-state index in [9.17, 15) is 4.79 Å². The van der Waals surface area contributed by atoms with Crippen LogP contribution in [-0.2, 0) is 20.9 Å². The zero-order valence-corrected chi connectivity index (χ0v) is 14.5. The summed E-state index contributed by atoms with van der Waals surface area (Å²) in [6.45, 7) is 6.56. The molecule has 2 rings (SSSR count). The molecule has 122 valence electrons. The second-order valence-electron chi connectivity index (χ2n) is 6.10. The summed E-state index contributed by atoms with van der Waals surface area (Å²) in [7, 11) is 1.41. The van der Waals surface area contributed by atoms with E-state index in [0.29, 0.717) is 18.6 Å². The average Bonchev–Trinajstić information content (AvgIpc) is 3.03. The van der Waals surface area contributed by atoms with Crippen LogP contribution in [-0.4, -0.2) is 35.8 Å². The number of ether oxygens (including phenoxy) is 2. The Hall–Kier alpha value is -1.04. The summed E-state index contributed by atoms with van der Waals surface area (Å²) in [5, 5.41) is 3.42. The zero-order valence-electron chi connectivity index (χ0n) is 13.7. The minimum atomic E-state index is -1.00. The highest BCUT2D eigenvalue weighted by molar-refractivity contribution is 8.00. The Bertz CT molecular complexity index is 494. The molecule has 5 heteroatoms. The molecule has 0 amide bonds. The van der Waals surface area contributed by atoms with Crippen LogP contribution in [0.5, 0.6) is 0 Å². The molecule has 0 radical (unpaired) electrons. The van der Waals surface area contributed by atoms with Gasteiger partial charge in [-0.05, 0) is 18.4 Å². The largest absolute Gasteiger partial charge is 0.467 e. The number of carbonyl (C=O) groups excluding carboxylic acids is 1. The van der Waals surface area contributed by atoms with Crippen LogP contribution in [0.15, 0.2) is 30.3 Å². The molecule has 22 heavy (non-hydrogen) atoms. The van der Waals surface area contributed by atoms with Gasteiger partial charge in [0.05, 0.1) is 19.1 Å². The molecular weight excluding hydrogens is 298 g/mol. The predicted octanol–water partition coefficient (Wildman–Crippen LogP) is 2.82. The van der Waals surface area contributed by atoms with Crippen molar-refractivity contribution in [2.45, 2.75) is 44.4 Å². The minimum absolute atomic E-state index is 0.101. The van der Waals surface area contributed by atoms with Gasteiger partial charge in [0.25, 0.3) is 0 Å². The van der Waals surface area contributed by atoms with Crippen molar-refractivity contribution in [2.75, 3.05) is 12.9 Å². The molecule has 3 atom stereocenters. The van der Waals surface area contributed by atoms with E-state index >= 15 is 0 Å². The average molecular weight is 323 g/mol. The van der Waals surface area contributed by atoms with Gasteiger partial charge in [0.2, 0.25) is 0 Å². The Morgan fingerprint density at radius 3 is 2.64 bits per heavy atom. The fourth-order valence-electron chi connectivity index (χ4n) is 2.45. The van der Waals surface area contributed by atoms with Gasteiger partial charge in [0.15, 0.2) is 5.60 Å². The first-order valence-corrected chi connectivity index (χ1v) is 8.66. The van der Waals surface area contributed by atoms with Crippen LogP contribution < -0.4 is 5.32 Å². The predicted molar refractivity (Wildman–Crippen MR) is 89.7 cm³/mol. The van der Waals surface area contributed by atoms with Crippen LogP contribution >= 0.6 is 11.8 Å². The molecule has 1 aliphatic heterocycles. The Kier molecular flexibility index (Phi) is 5.89. The van der Waals surface area contributed by atoms with Crippen molar-refractivity contribution in [1.29, 1.82) is 0 Å². The van der Waals surface area contributed by atoms with Gasteiger partial charge in [0, 0.05) is 11.8 Å². The van der Waals surface area contributed by atoms with Gasteiger partial charge in [-0.15, -0.1) is 11.8 Å². The third-order valence-electron chi connectivity index (χ3n) is 4.09. The molecule has 4 nitrogen and oxygen atoms in total. The summed E-state index contributed by atoms with van der Waals surface area (Å²) in [6.07, 6.45) is 0. The number of hydrogen-bond donors (Lipinski definition) is 1. The molecule has 0 bridgehead atoms. The normalized spacial score (nSPS) is 24.2. The number of hydrogen-bond acceptors (Lipinski definition) is 5. The third-order valence-corrected chi connectivity index (χ3v) is 5.56. The minimum Gasteiger partial charge on any atom is -0.467 e. The summed E-state index contributed by atoms with van der Waals surface area (Å²) in [4.78, 5) is 12.3. The maximum Gasteiger partial charge on any atom is 0.340 e. The SMILES string of the molecule is COC(=O)[C@](C)(OCc1ccccc1)C1N[C@@H](C(C)C)CS1. The van der Waals surface area contributed by atoms with E-state index in [2.05, 4.69) is 19.2 Å². The lowest BCUT2D eigenvalue weighted by Gasteiger charge is -2.33. The van der Waals surface area contributed by atoms with Crippen LogP contribution in [0.25, 0.3) is 0 Å². The van der Waals surface area contributed by atoms with E-state index in [1.54, 1.807) is 11.8 Å². The van der Waals surface area contributed by atoms with Crippen molar-refractivity contribution < 1.29 is 14.3 Å². The van der Waals surface area contributed by atoms with Crippen LogP contribution in [0.1, 0.15) is 26.3 Å². The van der Waals surface area contributed by atoms with Crippen LogP contribution in [0.4, 0.5) is 0 Å². The molecule has 1 N–H and O–H groups in total. The van der Waals surface area contributed by atoms with Crippen molar-refractivity contribution in [1.82, 2.24) is 5.32 Å². The van der Waals surface area contributed by atoms with Crippen molar-refractivity contribution in [2.24, 2.45) is 5.92 Å². The quantitative estimate of drug-likeness (QED) is 0.816.